The van der Waals surface area contributed by atoms with Crippen molar-refractivity contribution < 1.29 is 18.9 Å². The van der Waals surface area contributed by atoms with Gasteiger partial charge in [0.05, 0.1) is 19.8 Å². The van der Waals surface area contributed by atoms with Gasteiger partial charge in [0.2, 0.25) is 0 Å². The normalized spacial score (nSPS) is 21.0. The SMILES string of the molecule is CCNC(=NCCCOCC1CCOCC1)N1CCC(COCCOC)C1.I. The van der Waals surface area contributed by atoms with E-state index in [0.29, 0.717) is 25.0 Å². The fraction of sp³-hybridized carbons (Fsp3) is 0.950. The highest BCUT2D eigenvalue weighted by atomic mass is 127. The van der Waals surface area contributed by atoms with Crippen molar-refractivity contribution in [3.05, 3.63) is 0 Å². The highest BCUT2D eigenvalue weighted by Crippen LogP contribution is 2.17. The van der Waals surface area contributed by atoms with Crippen LogP contribution in [0.5, 0.6) is 0 Å². The summed E-state index contributed by atoms with van der Waals surface area (Å²) in [5.74, 6) is 2.28. The molecular formula is C20H40IN3O4. The summed E-state index contributed by atoms with van der Waals surface area (Å²) in [6.45, 7) is 11.5. The Labute approximate surface area is 187 Å². The molecule has 166 valence electrons. The van der Waals surface area contributed by atoms with E-state index in [2.05, 4.69) is 17.1 Å². The van der Waals surface area contributed by atoms with Gasteiger partial charge < -0.3 is 29.2 Å². The second-order valence-corrected chi connectivity index (χ2v) is 7.39. The van der Waals surface area contributed by atoms with Crippen LogP contribution in [0, 0.1) is 11.8 Å². The van der Waals surface area contributed by atoms with E-state index in [1.54, 1.807) is 7.11 Å². The predicted octanol–water partition coefficient (Wildman–Crippen LogP) is 2.39. The summed E-state index contributed by atoms with van der Waals surface area (Å²) in [6, 6.07) is 0. The number of nitrogens with zero attached hydrogens (tertiary/aromatic N) is 2. The molecule has 7 nitrogen and oxygen atoms in total. The van der Waals surface area contributed by atoms with Crippen molar-refractivity contribution in [1.29, 1.82) is 0 Å². The molecule has 2 saturated heterocycles. The van der Waals surface area contributed by atoms with Gasteiger partial charge in [-0.05, 0) is 38.5 Å². The van der Waals surface area contributed by atoms with Crippen LogP contribution in [0.4, 0.5) is 0 Å². The molecule has 1 N–H and O–H groups in total. The molecule has 0 amide bonds. The average molecular weight is 513 g/mol. The molecule has 2 fully saturated rings. The highest BCUT2D eigenvalue weighted by molar-refractivity contribution is 14.0. The van der Waals surface area contributed by atoms with Crippen LogP contribution < -0.4 is 5.32 Å². The molecule has 1 unspecified atom stereocenters. The summed E-state index contributed by atoms with van der Waals surface area (Å²) in [5, 5.41) is 3.42. The van der Waals surface area contributed by atoms with Gasteiger partial charge in [0.25, 0.3) is 0 Å². The van der Waals surface area contributed by atoms with Crippen molar-refractivity contribution >= 4 is 29.9 Å². The zero-order chi connectivity index (χ0) is 19.2. The number of nitrogens with one attached hydrogen (secondary N) is 1. The Hall–Kier alpha value is -0.160. The smallest absolute Gasteiger partial charge is 0.193 e. The molecule has 0 aliphatic carbocycles. The fourth-order valence-electron chi connectivity index (χ4n) is 3.49. The lowest BCUT2D eigenvalue weighted by atomic mass is 10.0. The summed E-state index contributed by atoms with van der Waals surface area (Å²) in [4.78, 5) is 7.15. The molecule has 0 saturated carbocycles. The van der Waals surface area contributed by atoms with Gasteiger partial charge in [-0.3, -0.25) is 4.99 Å². The largest absolute Gasteiger partial charge is 0.382 e. The number of likely N-dealkylation sites (tertiary alicyclic amines) is 1. The van der Waals surface area contributed by atoms with Crippen molar-refractivity contribution in [2.75, 3.05) is 79.5 Å². The minimum atomic E-state index is 0. The maximum atomic E-state index is 5.84. The molecule has 0 aromatic carbocycles. The molecule has 0 radical (unpaired) electrons. The Bertz CT molecular complexity index is 409. The Morgan fingerprint density at radius 1 is 1.07 bits per heavy atom. The number of hydrogen-bond acceptors (Lipinski definition) is 5. The lowest BCUT2D eigenvalue weighted by molar-refractivity contribution is 0.0205. The van der Waals surface area contributed by atoms with Crippen LogP contribution in [-0.4, -0.2) is 90.4 Å². The van der Waals surface area contributed by atoms with Crippen molar-refractivity contribution in [2.45, 2.75) is 32.6 Å². The Morgan fingerprint density at radius 2 is 1.82 bits per heavy atom. The fourth-order valence-corrected chi connectivity index (χ4v) is 3.49. The molecular weight excluding hydrogens is 473 g/mol. The number of hydrogen-bond donors (Lipinski definition) is 1. The third-order valence-corrected chi connectivity index (χ3v) is 5.11. The molecule has 0 spiro atoms. The van der Waals surface area contributed by atoms with E-state index in [0.717, 1.165) is 90.9 Å². The summed E-state index contributed by atoms with van der Waals surface area (Å²) in [5.41, 5.74) is 0. The predicted molar refractivity (Wildman–Crippen MR) is 123 cm³/mol. The van der Waals surface area contributed by atoms with Gasteiger partial charge in [0.1, 0.15) is 0 Å². The van der Waals surface area contributed by atoms with Gasteiger partial charge in [-0.2, -0.15) is 0 Å². The Balaban J connectivity index is 0.00000392. The van der Waals surface area contributed by atoms with Crippen LogP contribution in [0.3, 0.4) is 0 Å². The zero-order valence-electron chi connectivity index (χ0n) is 17.7. The second-order valence-electron chi connectivity index (χ2n) is 7.39. The minimum absolute atomic E-state index is 0. The number of guanidine groups is 1. The number of aliphatic imine (C=N–C) groups is 1. The third-order valence-electron chi connectivity index (χ3n) is 5.11. The maximum absolute atomic E-state index is 5.84. The molecule has 0 aromatic heterocycles. The first-order valence-electron chi connectivity index (χ1n) is 10.6. The molecule has 28 heavy (non-hydrogen) atoms. The summed E-state index contributed by atoms with van der Waals surface area (Å²) >= 11 is 0. The zero-order valence-corrected chi connectivity index (χ0v) is 20.0. The Kier molecular flexibility index (Phi) is 15.4. The van der Waals surface area contributed by atoms with Crippen LogP contribution >= 0.6 is 24.0 Å². The lowest BCUT2D eigenvalue weighted by Crippen LogP contribution is -2.40. The highest BCUT2D eigenvalue weighted by Gasteiger charge is 2.24. The summed E-state index contributed by atoms with van der Waals surface area (Å²) in [7, 11) is 1.70. The second kappa shape index (κ2) is 16.6. The molecule has 0 bridgehead atoms. The topological polar surface area (TPSA) is 64.6 Å². The van der Waals surface area contributed by atoms with E-state index in [1.165, 1.54) is 0 Å². The monoisotopic (exact) mass is 513 g/mol. The van der Waals surface area contributed by atoms with Crippen LogP contribution in [0.2, 0.25) is 0 Å². The number of ether oxygens (including phenoxy) is 4. The van der Waals surface area contributed by atoms with Crippen LogP contribution in [0.25, 0.3) is 0 Å². The minimum Gasteiger partial charge on any atom is -0.382 e. The maximum Gasteiger partial charge on any atom is 0.193 e. The molecule has 0 aromatic rings. The van der Waals surface area contributed by atoms with E-state index < -0.39 is 0 Å². The van der Waals surface area contributed by atoms with Gasteiger partial charge in [0, 0.05) is 65.6 Å². The van der Waals surface area contributed by atoms with Crippen molar-refractivity contribution in [3.63, 3.8) is 0 Å². The first kappa shape index (κ1) is 25.9. The molecule has 8 heteroatoms. The summed E-state index contributed by atoms with van der Waals surface area (Å²) in [6.07, 6.45) is 4.39. The van der Waals surface area contributed by atoms with E-state index in [-0.39, 0.29) is 24.0 Å². The molecule has 2 aliphatic rings. The van der Waals surface area contributed by atoms with Crippen LogP contribution in [0.15, 0.2) is 4.99 Å². The Morgan fingerprint density at radius 3 is 2.57 bits per heavy atom. The van der Waals surface area contributed by atoms with E-state index >= 15 is 0 Å². The van der Waals surface area contributed by atoms with E-state index in [1.807, 2.05) is 0 Å². The lowest BCUT2D eigenvalue weighted by Gasteiger charge is -2.22. The van der Waals surface area contributed by atoms with Crippen LogP contribution in [-0.2, 0) is 18.9 Å². The first-order chi connectivity index (χ1) is 13.3. The molecule has 2 rings (SSSR count). The van der Waals surface area contributed by atoms with Crippen molar-refractivity contribution in [1.82, 2.24) is 10.2 Å². The molecule has 1 atom stereocenters. The third kappa shape index (κ3) is 10.6. The van der Waals surface area contributed by atoms with Gasteiger partial charge in [-0.15, -0.1) is 24.0 Å². The van der Waals surface area contributed by atoms with Crippen molar-refractivity contribution in [2.24, 2.45) is 16.8 Å². The standard InChI is InChI=1S/C20H39N3O4.HI/c1-3-21-20(23-9-5-19(15-23)17-27-14-13-24-2)22-8-4-10-26-16-18-6-11-25-12-7-18;/h18-19H,3-17H2,1-2H3,(H,21,22);1H. The molecule has 2 heterocycles. The summed E-state index contributed by atoms with van der Waals surface area (Å²) < 4.78 is 21.9. The first-order valence-corrected chi connectivity index (χ1v) is 10.6. The van der Waals surface area contributed by atoms with Gasteiger partial charge in [-0.1, -0.05) is 0 Å². The number of rotatable bonds is 12. The van der Waals surface area contributed by atoms with Crippen molar-refractivity contribution in [3.8, 4) is 0 Å². The van der Waals surface area contributed by atoms with Crippen LogP contribution in [0.1, 0.15) is 32.6 Å². The number of methoxy groups -OCH3 is 1. The quantitative estimate of drug-likeness (QED) is 0.187. The average Bonchev–Trinajstić information content (AvgIpc) is 3.16. The van der Waals surface area contributed by atoms with E-state index in [9.17, 15) is 0 Å². The molecule has 2 aliphatic heterocycles. The number of halogens is 1. The van der Waals surface area contributed by atoms with Gasteiger partial charge >= 0.3 is 0 Å². The van der Waals surface area contributed by atoms with E-state index in [4.69, 9.17) is 23.9 Å². The van der Waals surface area contributed by atoms with Gasteiger partial charge in [-0.25, -0.2) is 0 Å². The van der Waals surface area contributed by atoms with Gasteiger partial charge in [0.15, 0.2) is 5.96 Å².